The molecule has 0 bridgehead atoms. The summed E-state index contributed by atoms with van der Waals surface area (Å²) in [5, 5.41) is 2.92. The van der Waals surface area contributed by atoms with E-state index in [-0.39, 0.29) is 17.1 Å². The molecule has 0 aromatic carbocycles. The lowest BCUT2D eigenvalue weighted by Gasteiger charge is -2.30. The molecular weight excluding hydrogens is 260 g/mol. The van der Waals surface area contributed by atoms with Gasteiger partial charge in [0.1, 0.15) is 0 Å². The quantitative estimate of drug-likeness (QED) is 0.851. The molecule has 0 aromatic rings. The van der Waals surface area contributed by atoms with Gasteiger partial charge in [0.15, 0.2) is 0 Å². The lowest BCUT2D eigenvalue weighted by Crippen LogP contribution is -2.36. The number of hydrogen-bond donors (Lipinski definition) is 1. The first-order valence-corrected chi connectivity index (χ1v) is 8.47. The van der Waals surface area contributed by atoms with Crippen molar-refractivity contribution >= 4 is 23.6 Å². The molecule has 1 heterocycles. The van der Waals surface area contributed by atoms with Crippen molar-refractivity contribution in [3.05, 3.63) is 0 Å². The Bertz CT molecular complexity index is 340. The maximum Gasteiger partial charge on any atom is 0.235 e. The van der Waals surface area contributed by atoms with E-state index in [0.717, 1.165) is 45.2 Å². The summed E-state index contributed by atoms with van der Waals surface area (Å²) in [5.74, 6) is 1.28. The molecule has 5 heteroatoms. The number of nitrogens with zero attached hydrogens (tertiary/aromatic N) is 1. The standard InChI is InChI=1S/C14H24N2O2S/c1-15-13(17)11-5-3-10(4-6-11)9-16-8-7-12(19-2)14(16)18/h10-12H,3-9H2,1-2H3,(H,15,17). The van der Waals surface area contributed by atoms with Crippen molar-refractivity contribution in [3.8, 4) is 0 Å². The van der Waals surface area contributed by atoms with Gasteiger partial charge in [-0.15, -0.1) is 0 Å². The van der Waals surface area contributed by atoms with E-state index in [9.17, 15) is 9.59 Å². The molecule has 1 atom stereocenters. The SMILES string of the molecule is CNC(=O)C1CCC(CN2CCC(SC)C2=O)CC1. The Hall–Kier alpha value is -0.710. The molecule has 2 aliphatic rings. The molecule has 19 heavy (non-hydrogen) atoms. The first-order chi connectivity index (χ1) is 9.15. The van der Waals surface area contributed by atoms with Crippen LogP contribution < -0.4 is 5.32 Å². The summed E-state index contributed by atoms with van der Waals surface area (Å²) in [6.07, 6.45) is 7.10. The van der Waals surface area contributed by atoms with Crippen LogP contribution in [0, 0.1) is 11.8 Å². The van der Waals surface area contributed by atoms with Crippen LogP contribution in [0.25, 0.3) is 0 Å². The van der Waals surface area contributed by atoms with Gasteiger partial charge < -0.3 is 10.2 Å². The Morgan fingerprint density at radius 2 is 2.00 bits per heavy atom. The fraction of sp³-hybridized carbons (Fsp3) is 0.857. The number of hydrogen-bond acceptors (Lipinski definition) is 3. The van der Waals surface area contributed by atoms with Gasteiger partial charge in [0.2, 0.25) is 11.8 Å². The fourth-order valence-corrected chi connectivity index (χ4v) is 3.93. The van der Waals surface area contributed by atoms with Crippen molar-refractivity contribution < 1.29 is 9.59 Å². The second kappa shape index (κ2) is 6.64. The van der Waals surface area contributed by atoms with Crippen molar-refractivity contribution in [3.63, 3.8) is 0 Å². The first-order valence-electron chi connectivity index (χ1n) is 7.19. The maximum absolute atomic E-state index is 12.1. The van der Waals surface area contributed by atoms with E-state index in [0.29, 0.717) is 11.8 Å². The number of carbonyl (C=O) groups is 2. The predicted octanol–water partition coefficient (Wildman–Crippen LogP) is 1.50. The Morgan fingerprint density at radius 1 is 1.32 bits per heavy atom. The molecule has 0 aromatic heterocycles. The largest absolute Gasteiger partial charge is 0.359 e. The van der Waals surface area contributed by atoms with E-state index in [2.05, 4.69) is 5.32 Å². The average Bonchev–Trinajstić information content (AvgIpc) is 2.79. The molecule has 0 radical (unpaired) electrons. The number of rotatable bonds is 4. The highest BCUT2D eigenvalue weighted by atomic mass is 32.2. The van der Waals surface area contributed by atoms with Crippen LogP contribution in [0.3, 0.4) is 0 Å². The third kappa shape index (κ3) is 3.44. The molecule has 2 rings (SSSR count). The van der Waals surface area contributed by atoms with Crippen LogP contribution >= 0.6 is 11.8 Å². The van der Waals surface area contributed by atoms with Gasteiger partial charge in [-0.2, -0.15) is 11.8 Å². The van der Waals surface area contributed by atoms with Crippen LogP contribution in [0.1, 0.15) is 32.1 Å². The smallest absolute Gasteiger partial charge is 0.235 e. The minimum Gasteiger partial charge on any atom is -0.359 e. The van der Waals surface area contributed by atoms with Gasteiger partial charge in [-0.1, -0.05) is 0 Å². The van der Waals surface area contributed by atoms with E-state index in [1.165, 1.54) is 0 Å². The van der Waals surface area contributed by atoms with E-state index in [1.807, 2.05) is 11.2 Å². The lowest BCUT2D eigenvalue weighted by molar-refractivity contribution is -0.129. The molecule has 2 amide bonds. The zero-order valence-electron chi connectivity index (χ0n) is 11.9. The monoisotopic (exact) mass is 284 g/mol. The predicted molar refractivity (Wildman–Crippen MR) is 78.0 cm³/mol. The highest BCUT2D eigenvalue weighted by Crippen LogP contribution is 2.31. The number of nitrogens with one attached hydrogen (secondary N) is 1. The zero-order chi connectivity index (χ0) is 13.8. The number of amides is 2. The van der Waals surface area contributed by atoms with E-state index >= 15 is 0 Å². The summed E-state index contributed by atoms with van der Waals surface area (Å²) in [4.78, 5) is 25.7. The number of carbonyl (C=O) groups excluding carboxylic acids is 2. The number of likely N-dealkylation sites (tertiary alicyclic amines) is 1. The Balaban J connectivity index is 1.77. The Labute approximate surface area is 119 Å². The summed E-state index contributed by atoms with van der Waals surface area (Å²) in [6.45, 7) is 1.82. The summed E-state index contributed by atoms with van der Waals surface area (Å²) < 4.78 is 0. The molecule has 1 unspecified atom stereocenters. The highest BCUT2D eigenvalue weighted by molar-refractivity contribution is 7.99. The summed E-state index contributed by atoms with van der Waals surface area (Å²) >= 11 is 1.67. The fourth-order valence-electron chi connectivity index (χ4n) is 3.23. The van der Waals surface area contributed by atoms with Crippen LogP contribution in [0.5, 0.6) is 0 Å². The van der Waals surface area contributed by atoms with Gasteiger partial charge in [-0.3, -0.25) is 9.59 Å². The molecule has 1 N–H and O–H groups in total. The minimum absolute atomic E-state index is 0.179. The Kier molecular flexibility index (Phi) is 5.13. The van der Waals surface area contributed by atoms with Crippen LogP contribution in [0.2, 0.25) is 0 Å². The van der Waals surface area contributed by atoms with E-state index < -0.39 is 0 Å². The maximum atomic E-state index is 12.1. The first kappa shape index (κ1) is 14.7. The third-order valence-electron chi connectivity index (χ3n) is 4.48. The van der Waals surface area contributed by atoms with Crippen LogP contribution in [0.4, 0.5) is 0 Å². The van der Waals surface area contributed by atoms with Gasteiger partial charge in [-0.25, -0.2) is 0 Å². The topological polar surface area (TPSA) is 49.4 Å². The second-order valence-corrected chi connectivity index (χ2v) is 6.67. The van der Waals surface area contributed by atoms with Crippen LogP contribution in [-0.4, -0.2) is 48.4 Å². The summed E-state index contributed by atoms with van der Waals surface area (Å²) in [6, 6.07) is 0. The zero-order valence-corrected chi connectivity index (χ0v) is 12.7. The molecule has 2 fully saturated rings. The average molecular weight is 284 g/mol. The summed E-state index contributed by atoms with van der Waals surface area (Å²) in [5.41, 5.74) is 0. The van der Waals surface area contributed by atoms with E-state index in [4.69, 9.17) is 0 Å². The third-order valence-corrected chi connectivity index (χ3v) is 5.48. The van der Waals surface area contributed by atoms with Crippen molar-refractivity contribution in [2.45, 2.75) is 37.4 Å². The molecule has 1 saturated carbocycles. The van der Waals surface area contributed by atoms with Crippen molar-refractivity contribution in [2.75, 3.05) is 26.4 Å². The van der Waals surface area contributed by atoms with Gasteiger partial charge in [0, 0.05) is 26.1 Å². The normalized spacial score (nSPS) is 31.6. The van der Waals surface area contributed by atoms with Gasteiger partial charge in [-0.05, 0) is 44.3 Å². The summed E-state index contributed by atoms with van der Waals surface area (Å²) in [7, 11) is 1.71. The van der Waals surface area contributed by atoms with Gasteiger partial charge >= 0.3 is 0 Å². The van der Waals surface area contributed by atoms with E-state index in [1.54, 1.807) is 18.8 Å². The molecule has 0 spiro atoms. The molecule has 4 nitrogen and oxygen atoms in total. The number of thioether (sulfide) groups is 1. The lowest BCUT2D eigenvalue weighted by atomic mass is 9.81. The molecule has 1 aliphatic carbocycles. The minimum atomic E-state index is 0.179. The van der Waals surface area contributed by atoms with Gasteiger partial charge in [0.05, 0.1) is 5.25 Å². The van der Waals surface area contributed by atoms with Crippen LogP contribution in [0.15, 0.2) is 0 Å². The van der Waals surface area contributed by atoms with Crippen molar-refractivity contribution in [2.24, 2.45) is 11.8 Å². The molecule has 1 saturated heterocycles. The van der Waals surface area contributed by atoms with Crippen molar-refractivity contribution in [1.82, 2.24) is 10.2 Å². The molecule has 1 aliphatic heterocycles. The molecular formula is C14H24N2O2S. The second-order valence-electron chi connectivity index (χ2n) is 5.63. The van der Waals surface area contributed by atoms with Gasteiger partial charge in [0.25, 0.3) is 0 Å². The Morgan fingerprint density at radius 3 is 2.53 bits per heavy atom. The highest BCUT2D eigenvalue weighted by Gasteiger charge is 2.33. The molecule has 108 valence electrons. The van der Waals surface area contributed by atoms with Crippen molar-refractivity contribution in [1.29, 1.82) is 0 Å². The van der Waals surface area contributed by atoms with Crippen LogP contribution in [-0.2, 0) is 9.59 Å².